The van der Waals surface area contributed by atoms with Gasteiger partial charge in [0.2, 0.25) is 0 Å². The van der Waals surface area contributed by atoms with Crippen molar-refractivity contribution in [3.05, 3.63) is 71.9 Å². The lowest BCUT2D eigenvalue weighted by molar-refractivity contribution is -0.112. The van der Waals surface area contributed by atoms with Crippen molar-refractivity contribution < 1.29 is 4.79 Å². The van der Waals surface area contributed by atoms with Crippen molar-refractivity contribution >= 4 is 22.9 Å². The van der Waals surface area contributed by atoms with E-state index in [1.54, 1.807) is 0 Å². The summed E-state index contributed by atoms with van der Waals surface area (Å²) < 4.78 is 0. The molecule has 0 radical (unpaired) electrons. The minimum Gasteiger partial charge on any atom is -0.368 e. The first-order chi connectivity index (χ1) is 12.8. The van der Waals surface area contributed by atoms with E-state index in [4.69, 9.17) is 0 Å². The van der Waals surface area contributed by atoms with Crippen LogP contribution in [0, 0.1) is 6.92 Å². The zero-order chi connectivity index (χ0) is 17.9. The summed E-state index contributed by atoms with van der Waals surface area (Å²) in [4.78, 5) is 21.0. The van der Waals surface area contributed by atoms with Crippen LogP contribution in [0.2, 0.25) is 0 Å². The van der Waals surface area contributed by atoms with Crippen LogP contribution in [-0.2, 0) is 4.79 Å². The molecule has 1 aliphatic heterocycles. The van der Waals surface area contributed by atoms with Crippen molar-refractivity contribution in [2.45, 2.75) is 13.0 Å². The first-order valence-corrected chi connectivity index (χ1v) is 9.12. The van der Waals surface area contributed by atoms with Crippen LogP contribution >= 0.6 is 0 Å². The quantitative estimate of drug-likeness (QED) is 0.677. The van der Waals surface area contributed by atoms with E-state index in [-0.39, 0.29) is 6.04 Å². The minimum atomic E-state index is -0.158. The normalized spacial score (nSPS) is 16.6. The molecule has 3 aromatic rings. The van der Waals surface area contributed by atoms with Gasteiger partial charge in [-0.25, -0.2) is 0 Å². The lowest BCUT2D eigenvalue weighted by Gasteiger charge is -2.39. The standard InChI is InChI=1S/C22H23N3O/c1-17-15-21(19-9-5-6-10-20(19)23-17)24-11-13-25(14-12-24)22(16-26)18-7-3-2-4-8-18/h2-10,15-16,22H,11-14H2,1H3. The van der Waals surface area contributed by atoms with Crippen molar-refractivity contribution in [3.63, 3.8) is 0 Å². The highest BCUT2D eigenvalue weighted by Gasteiger charge is 2.25. The molecule has 1 atom stereocenters. The minimum absolute atomic E-state index is 0.158. The largest absolute Gasteiger partial charge is 0.368 e. The van der Waals surface area contributed by atoms with Crippen molar-refractivity contribution in [3.8, 4) is 0 Å². The summed E-state index contributed by atoms with van der Waals surface area (Å²) in [6.07, 6.45) is 1.07. The predicted molar refractivity (Wildman–Crippen MR) is 106 cm³/mol. The van der Waals surface area contributed by atoms with Crippen LogP contribution in [0.1, 0.15) is 17.3 Å². The number of aldehydes is 1. The summed E-state index contributed by atoms with van der Waals surface area (Å²) in [5.41, 5.74) is 4.40. The highest BCUT2D eigenvalue weighted by molar-refractivity contribution is 5.92. The molecule has 2 heterocycles. The molecular formula is C22H23N3O. The van der Waals surface area contributed by atoms with Crippen molar-refractivity contribution in [1.82, 2.24) is 9.88 Å². The SMILES string of the molecule is Cc1cc(N2CCN(C(C=O)c3ccccc3)CC2)c2ccccc2n1. The van der Waals surface area contributed by atoms with Crippen LogP contribution in [0.3, 0.4) is 0 Å². The van der Waals surface area contributed by atoms with Crippen LogP contribution in [0.4, 0.5) is 5.69 Å². The number of carbonyl (C=O) groups excluding carboxylic acids is 1. The third-order valence-electron chi connectivity index (χ3n) is 5.14. The van der Waals surface area contributed by atoms with Gasteiger partial charge >= 0.3 is 0 Å². The Labute approximate surface area is 154 Å². The summed E-state index contributed by atoms with van der Waals surface area (Å²) in [5.74, 6) is 0. The number of piperazine rings is 1. The average Bonchev–Trinajstić information content (AvgIpc) is 2.69. The molecule has 0 amide bonds. The summed E-state index contributed by atoms with van der Waals surface area (Å²) in [7, 11) is 0. The van der Waals surface area contributed by atoms with E-state index < -0.39 is 0 Å². The van der Waals surface area contributed by atoms with E-state index in [2.05, 4.69) is 39.0 Å². The number of rotatable bonds is 4. The second kappa shape index (κ2) is 7.26. The fraction of sp³-hybridized carbons (Fsp3) is 0.273. The zero-order valence-corrected chi connectivity index (χ0v) is 15.0. The first kappa shape index (κ1) is 16.7. The number of hydrogen-bond acceptors (Lipinski definition) is 4. The Morgan fingerprint density at radius 1 is 0.962 bits per heavy atom. The van der Waals surface area contributed by atoms with E-state index in [1.807, 2.05) is 43.3 Å². The Morgan fingerprint density at radius 3 is 2.38 bits per heavy atom. The van der Waals surface area contributed by atoms with Crippen LogP contribution in [0.25, 0.3) is 10.9 Å². The van der Waals surface area contributed by atoms with Gasteiger partial charge in [-0.1, -0.05) is 48.5 Å². The molecule has 0 bridgehead atoms. The average molecular weight is 345 g/mol. The zero-order valence-electron chi connectivity index (χ0n) is 15.0. The molecule has 4 heteroatoms. The molecule has 2 aromatic carbocycles. The van der Waals surface area contributed by atoms with Gasteiger partial charge in [0.25, 0.3) is 0 Å². The van der Waals surface area contributed by atoms with Crippen molar-refractivity contribution in [2.75, 3.05) is 31.1 Å². The van der Waals surface area contributed by atoms with Gasteiger partial charge in [-0.2, -0.15) is 0 Å². The fourth-order valence-electron chi connectivity index (χ4n) is 3.81. The molecule has 0 saturated carbocycles. The highest BCUT2D eigenvalue weighted by atomic mass is 16.1. The number of fused-ring (bicyclic) bond motifs is 1. The smallest absolute Gasteiger partial charge is 0.141 e. The van der Waals surface area contributed by atoms with E-state index in [9.17, 15) is 4.79 Å². The maximum absolute atomic E-state index is 11.7. The second-order valence-electron chi connectivity index (χ2n) is 6.81. The first-order valence-electron chi connectivity index (χ1n) is 9.12. The van der Waals surface area contributed by atoms with E-state index in [0.29, 0.717) is 0 Å². The molecule has 0 spiro atoms. The predicted octanol–water partition coefficient (Wildman–Crippen LogP) is 3.61. The maximum atomic E-state index is 11.7. The van der Waals surface area contributed by atoms with Gasteiger partial charge in [0.05, 0.1) is 11.6 Å². The van der Waals surface area contributed by atoms with Gasteiger partial charge in [0.1, 0.15) is 6.29 Å². The summed E-state index contributed by atoms with van der Waals surface area (Å²) in [6, 6.07) is 20.4. The molecule has 1 saturated heterocycles. The maximum Gasteiger partial charge on any atom is 0.141 e. The molecule has 1 aromatic heterocycles. The van der Waals surface area contributed by atoms with Gasteiger partial charge in [-0.15, -0.1) is 0 Å². The summed E-state index contributed by atoms with van der Waals surface area (Å²) >= 11 is 0. The summed E-state index contributed by atoms with van der Waals surface area (Å²) in [5, 5.41) is 1.20. The van der Waals surface area contributed by atoms with Crippen LogP contribution in [0.15, 0.2) is 60.7 Å². The molecule has 0 N–H and O–H groups in total. The molecule has 4 rings (SSSR count). The number of aromatic nitrogens is 1. The van der Waals surface area contributed by atoms with Gasteiger partial charge in [-0.3, -0.25) is 9.88 Å². The van der Waals surface area contributed by atoms with Gasteiger partial charge < -0.3 is 9.69 Å². The Kier molecular flexibility index (Phi) is 4.67. The number of pyridine rings is 1. The summed E-state index contributed by atoms with van der Waals surface area (Å²) in [6.45, 7) is 5.60. The Morgan fingerprint density at radius 2 is 1.65 bits per heavy atom. The topological polar surface area (TPSA) is 36.4 Å². The monoisotopic (exact) mass is 345 g/mol. The number of nitrogens with zero attached hydrogens (tertiary/aromatic N) is 3. The number of carbonyl (C=O) groups is 1. The number of hydrogen-bond donors (Lipinski definition) is 0. The lowest BCUT2D eigenvalue weighted by Crippen LogP contribution is -2.48. The lowest BCUT2D eigenvalue weighted by atomic mass is 10.1. The number of aryl methyl sites for hydroxylation is 1. The molecular weight excluding hydrogens is 322 g/mol. The Balaban J connectivity index is 1.55. The van der Waals surface area contributed by atoms with E-state index in [1.165, 1.54) is 11.1 Å². The van der Waals surface area contributed by atoms with Crippen LogP contribution < -0.4 is 4.90 Å². The van der Waals surface area contributed by atoms with Gasteiger partial charge in [-0.05, 0) is 24.6 Å². The van der Waals surface area contributed by atoms with Gasteiger partial charge in [0, 0.05) is 42.9 Å². The number of benzene rings is 2. The van der Waals surface area contributed by atoms with Crippen molar-refractivity contribution in [2.24, 2.45) is 0 Å². The van der Waals surface area contributed by atoms with E-state index >= 15 is 0 Å². The molecule has 1 fully saturated rings. The molecule has 132 valence electrons. The Bertz CT molecular complexity index is 902. The van der Waals surface area contributed by atoms with Crippen molar-refractivity contribution in [1.29, 1.82) is 0 Å². The van der Waals surface area contributed by atoms with Gasteiger partial charge in [0.15, 0.2) is 0 Å². The molecule has 1 aliphatic rings. The number of anilines is 1. The van der Waals surface area contributed by atoms with E-state index in [0.717, 1.165) is 49.2 Å². The fourth-order valence-corrected chi connectivity index (χ4v) is 3.81. The van der Waals surface area contributed by atoms with Crippen LogP contribution in [-0.4, -0.2) is 42.3 Å². The highest BCUT2D eigenvalue weighted by Crippen LogP contribution is 2.29. The number of para-hydroxylation sites is 1. The Hall–Kier alpha value is -2.72. The molecule has 4 nitrogen and oxygen atoms in total. The molecule has 0 aliphatic carbocycles. The van der Waals surface area contributed by atoms with Crippen LogP contribution in [0.5, 0.6) is 0 Å². The third-order valence-corrected chi connectivity index (χ3v) is 5.14. The molecule has 1 unspecified atom stereocenters. The second-order valence-corrected chi connectivity index (χ2v) is 6.81. The molecule has 26 heavy (non-hydrogen) atoms. The third kappa shape index (κ3) is 3.20.